The van der Waals surface area contributed by atoms with Crippen molar-refractivity contribution in [1.29, 1.82) is 0 Å². The number of hydrogen-bond acceptors (Lipinski definition) is 4. The van der Waals surface area contributed by atoms with Crippen LogP contribution in [-0.4, -0.2) is 22.1 Å². The summed E-state index contributed by atoms with van der Waals surface area (Å²) in [5, 5.41) is 24.3. The molecule has 160 valence electrons. The minimum atomic E-state index is -1.88. The molecule has 1 saturated carbocycles. The van der Waals surface area contributed by atoms with Crippen LogP contribution in [0.25, 0.3) is 0 Å². The van der Waals surface area contributed by atoms with Crippen LogP contribution in [0.2, 0.25) is 0 Å². The Morgan fingerprint density at radius 3 is 2.19 bits per heavy atom. The van der Waals surface area contributed by atoms with Gasteiger partial charge in [0.25, 0.3) is 5.79 Å². The molecule has 2 aliphatic heterocycles. The van der Waals surface area contributed by atoms with Crippen molar-refractivity contribution < 1.29 is 19.7 Å². The minimum absolute atomic E-state index is 0.327. The van der Waals surface area contributed by atoms with Gasteiger partial charge in [0.15, 0.2) is 5.60 Å². The Hall–Kier alpha value is -2.82. The van der Waals surface area contributed by atoms with Gasteiger partial charge >= 0.3 is 0 Å². The lowest BCUT2D eigenvalue weighted by Gasteiger charge is -2.53. The van der Waals surface area contributed by atoms with E-state index in [1.165, 1.54) is 0 Å². The van der Waals surface area contributed by atoms with Crippen LogP contribution >= 0.6 is 0 Å². The predicted molar refractivity (Wildman–Crippen MR) is 120 cm³/mol. The van der Waals surface area contributed by atoms with Gasteiger partial charge in [0.1, 0.15) is 23.0 Å². The highest BCUT2D eigenvalue weighted by molar-refractivity contribution is 5.57. The Morgan fingerprint density at radius 2 is 1.55 bits per heavy atom. The van der Waals surface area contributed by atoms with Gasteiger partial charge in [0, 0.05) is 11.1 Å². The van der Waals surface area contributed by atoms with Gasteiger partial charge in [-0.1, -0.05) is 36.4 Å². The lowest BCUT2D eigenvalue weighted by molar-refractivity contribution is -0.311. The van der Waals surface area contributed by atoms with Crippen LogP contribution in [0, 0.1) is 0 Å². The zero-order chi connectivity index (χ0) is 21.9. The third-order valence-electron chi connectivity index (χ3n) is 7.25. The highest BCUT2D eigenvalue weighted by atomic mass is 16.7. The molecule has 3 aliphatic rings. The molecule has 0 amide bonds. The minimum Gasteiger partial charge on any atom is -0.489 e. The van der Waals surface area contributed by atoms with Crippen molar-refractivity contribution in [3.8, 4) is 11.5 Å². The maximum atomic E-state index is 12.3. The van der Waals surface area contributed by atoms with Crippen LogP contribution in [0.1, 0.15) is 41.5 Å². The van der Waals surface area contributed by atoms with Crippen LogP contribution < -0.4 is 9.47 Å². The van der Waals surface area contributed by atoms with Crippen molar-refractivity contribution in [3.05, 3.63) is 96.6 Å². The van der Waals surface area contributed by atoms with Crippen molar-refractivity contribution in [1.82, 2.24) is 0 Å². The fourth-order valence-corrected chi connectivity index (χ4v) is 5.88. The summed E-state index contributed by atoms with van der Waals surface area (Å²) in [6, 6.07) is 11.7. The van der Waals surface area contributed by atoms with E-state index >= 15 is 0 Å². The number of allylic oxidation sites excluding steroid dienone is 3. The molecule has 1 aliphatic carbocycles. The Kier molecular flexibility index (Phi) is 4.44. The monoisotopic (exact) mass is 416 g/mol. The summed E-state index contributed by atoms with van der Waals surface area (Å²) in [6.45, 7) is 11.6. The average molecular weight is 417 g/mol. The van der Waals surface area contributed by atoms with Crippen molar-refractivity contribution in [2.45, 2.75) is 55.0 Å². The van der Waals surface area contributed by atoms with Gasteiger partial charge in [-0.15, -0.1) is 19.7 Å². The van der Waals surface area contributed by atoms with Gasteiger partial charge in [0.05, 0.1) is 0 Å². The van der Waals surface area contributed by atoms with Gasteiger partial charge in [-0.25, -0.2) is 0 Å². The second-order valence-corrected chi connectivity index (χ2v) is 8.86. The molecule has 2 aromatic rings. The van der Waals surface area contributed by atoms with Crippen molar-refractivity contribution >= 4 is 0 Å². The SMILES string of the molecule is C=CCc1ccc2c(c1)[C@]1(O)CC[C@@H]3Oc4ccc(CC=C)cc4[C@]3(CC=C)[C@]1(O)O2. The fourth-order valence-electron chi connectivity index (χ4n) is 5.88. The molecule has 2 heterocycles. The molecule has 31 heavy (non-hydrogen) atoms. The number of ether oxygens (including phenoxy) is 2. The Bertz CT molecular complexity index is 1090. The summed E-state index contributed by atoms with van der Waals surface area (Å²) in [4.78, 5) is 0. The first-order chi connectivity index (χ1) is 14.9. The highest BCUT2D eigenvalue weighted by Crippen LogP contribution is 2.66. The van der Waals surface area contributed by atoms with E-state index in [1.807, 2.05) is 42.5 Å². The number of benzene rings is 2. The second-order valence-electron chi connectivity index (χ2n) is 8.86. The van der Waals surface area contributed by atoms with Gasteiger partial charge in [-0.2, -0.15) is 0 Å². The standard InChI is InChI=1S/C27H28O4/c1-4-7-18-9-11-22-20(16-18)25(14-6-3)24(30-22)13-15-26(28)21-17-19(8-5-2)10-12-23(21)31-27(25,26)29/h4-6,9-12,16-17,24,28-29H,1-3,7-8,13-15H2/t24-,25-,26+,27-/m0/s1. The molecule has 0 aromatic heterocycles. The molecule has 2 aromatic carbocycles. The molecule has 5 rings (SSSR count). The van der Waals surface area contributed by atoms with Crippen molar-refractivity contribution in [2.75, 3.05) is 0 Å². The second kappa shape index (κ2) is 6.84. The molecular weight excluding hydrogens is 388 g/mol. The third kappa shape index (κ3) is 2.43. The van der Waals surface area contributed by atoms with Crippen LogP contribution in [0.3, 0.4) is 0 Å². The zero-order valence-electron chi connectivity index (χ0n) is 17.6. The molecule has 4 nitrogen and oxygen atoms in total. The average Bonchev–Trinajstić information content (AvgIpc) is 3.19. The van der Waals surface area contributed by atoms with E-state index in [1.54, 1.807) is 6.08 Å². The molecule has 0 spiro atoms. The summed E-state index contributed by atoms with van der Waals surface area (Å²) in [6.07, 6.45) is 7.86. The molecule has 0 unspecified atom stereocenters. The van der Waals surface area contributed by atoms with Crippen LogP contribution in [0.4, 0.5) is 0 Å². The summed E-state index contributed by atoms with van der Waals surface area (Å²) in [5.41, 5.74) is 1.04. The Labute approximate surface area is 183 Å². The summed E-state index contributed by atoms with van der Waals surface area (Å²) < 4.78 is 12.6. The van der Waals surface area contributed by atoms with E-state index in [2.05, 4.69) is 25.8 Å². The molecular formula is C27H28O4. The van der Waals surface area contributed by atoms with Gasteiger partial charge < -0.3 is 19.7 Å². The number of hydrogen-bond donors (Lipinski definition) is 2. The Balaban J connectivity index is 1.73. The zero-order valence-corrected chi connectivity index (χ0v) is 17.6. The molecule has 4 heteroatoms. The lowest BCUT2D eigenvalue weighted by Crippen LogP contribution is -2.71. The van der Waals surface area contributed by atoms with E-state index in [0.717, 1.165) is 22.4 Å². The Morgan fingerprint density at radius 1 is 0.903 bits per heavy atom. The van der Waals surface area contributed by atoms with E-state index < -0.39 is 16.8 Å². The van der Waals surface area contributed by atoms with E-state index in [-0.39, 0.29) is 6.10 Å². The van der Waals surface area contributed by atoms with E-state index in [9.17, 15) is 10.2 Å². The number of aliphatic hydroxyl groups is 2. The van der Waals surface area contributed by atoms with Gasteiger partial charge in [-0.05, 0) is 61.4 Å². The maximum absolute atomic E-state index is 12.3. The molecule has 0 saturated heterocycles. The van der Waals surface area contributed by atoms with Crippen molar-refractivity contribution in [3.63, 3.8) is 0 Å². The third-order valence-corrected chi connectivity index (χ3v) is 7.25. The fraction of sp³-hybridized carbons (Fsp3) is 0.333. The van der Waals surface area contributed by atoms with E-state index in [4.69, 9.17) is 9.47 Å². The first-order valence-corrected chi connectivity index (χ1v) is 10.8. The van der Waals surface area contributed by atoms with Crippen LogP contribution in [-0.2, 0) is 23.9 Å². The topological polar surface area (TPSA) is 58.9 Å². The van der Waals surface area contributed by atoms with Crippen LogP contribution in [0.5, 0.6) is 11.5 Å². The number of fused-ring (bicyclic) bond motifs is 7. The first-order valence-electron chi connectivity index (χ1n) is 10.8. The molecule has 0 bridgehead atoms. The molecule has 2 N–H and O–H groups in total. The van der Waals surface area contributed by atoms with E-state index in [0.29, 0.717) is 43.4 Å². The summed E-state index contributed by atoms with van der Waals surface area (Å²) in [5.74, 6) is -0.647. The molecule has 4 atom stereocenters. The first kappa shape index (κ1) is 20.1. The molecule has 1 fully saturated rings. The summed E-state index contributed by atoms with van der Waals surface area (Å²) in [7, 11) is 0. The van der Waals surface area contributed by atoms with Gasteiger partial charge in [-0.3, -0.25) is 0 Å². The lowest BCUT2D eigenvalue weighted by atomic mass is 9.56. The van der Waals surface area contributed by atoms with Gasteiger partial charge in [0.2, 0.25) is 0 Å². The quantitative estimate of drug-likeness (QED) is 0.682. The normalized spacial score (nSPS) is 32.0. The van der Waals surface area contributed by atoms with Crippen LogP contribution in [0.15, 0.2) is 74.4 Å². The largest absolute Gasteiger partial charge is 0.489 e. The highest BCUT2D eigenvalue weighted by Gasteiger charge is 2.76. The molecule has 0 radical (unpaired) electrons. The predicted octanol–water partition coefficient (Wildman–Crippen LogP) is 4.48. The van der Waals surface area contributed by atoms with Crippen molar-refractivity contribution in [2.24, 2.45) is 0 Å². The maximum Gasteiger partial charge on any atom is 0.255 e. The number of rotatable bonds is 6. The summed E-state index contributed by atoms with van der Waals surface area (Å²) >= 11 is 0. The smallest absolute Gasteiger partial charge is 0.255 e.